The Kier molecular flexibility index (Phi) is 4.30. The number of nitrogens with two attached hydrogens (primary N) is 1. The minimum atomic E-state index is -0.108. The van der Waals surface area contributed by atoms with Crippen LogP contribution in [0.5, 0.6) is 0 Å². The van der Waals surface area contributed by atoms with Crippen LogP contribution in [0.4, 0.5) is 0 Å². The third-order valence-corrected chi connectivity index (χ3v) is 3.07. The Morgan fingerprint density at radius 2 is 2.44 bits per heavy atom. The Morgan fingerprint density at radius 3 is 2.94 bits per heavy atom. The molecule has 0 fully saturated rings. The average Bonchev–Trinajstić information content (AvgIpc) is 2.80. The Hall–Kier alpha value is -1.56. The van der Waals surface area contributed by atoms with Crippen molar-refractivity contribution in [3.8, 4) is 0 Å². The molecule has 0 aromatic carbocycles. The molecule has 16 heavy (non-hydrogen) atoms. The minimum absolute atomic E-state index is 0.0560. The smallest absolute Gasteiger partial charge is 0.254 e. The van der Waals surface area contributed by atoms with Gasteiger partial charge in [-0.25, -0.2) is 0 Å². The largest absolute Gasteiger partial charge is 0.409 e. The zero-order chi connectivity index (χ0) is 12.1. The van der Waals surface area contributed by atoms with Crippen molar-refractivity contribution >= 4 is 23.1 Å². The van der Waals surface area contributed by atoms with Crippen molar-refractivity contribution in [3.63, 3.8) is 0 Å². The van der Waals surface area contributed by atoms with Gasteiger partial charge in [0, 0.05) is 24.9 Å². The van der Waals surface area contributed by atoms with Crippen LogP contribution in [0.1, 0.15) is 23.7 Å². The van der Waals surface area contributed by atoms with E-state index in [1.807, 2.05) is 12.3 Å². The highest BCUT2D eigenvalue weighted by Gasteiger charge is 2.18. The van der Waals surface area contributed by atoms with Gasteiger partial charge in [-0.05, 0) is 18.4 Å². The highest BCUT2D eigenvalue weighted by molar-refractivity contribution is 7.08. The number of rotatable bonds is 4. The quantitative estimate of drug-likeness (QED) is 0.361. The van der Waals surface area contributed by atoms with Gasteiger partial charge in [-0.3, -0.25) is 4.79 Å². The topological polar surface area (TPSA) is 78.9 Å². The second-order valence-electron chi connectivity index (χ2n) is 3.57. The fourth-order valence-corrected chi connectivity index (χ4v) is 1.90. The molecule has 1 atom stereocenters. The Bertz CT molecular complexity index is 375. The molecule has 5 nitrogen and oxygen atoms in total. The van der Waals surface area contributed by atoms with Crippen LogP contribution >= 0.6 is 11.3 Å². The number of thiophene rings is 1. The lowest BCUT2D eigenvalue weighted by atomic mass is 10.2. The fraction of sp³-hybridized carbons (Fsp3) is 0.400. The minimum Gasteiger partial charge on any atom is -0.409 e. The molecule has 3 N–H and O–H groups in total. The van der Waals surface area contributed by atoms with Gasteiger partial charge in [-0.15, -0.1) is 0 Å². The first-order valence-electron chi connectivity index (χ1n) is 4.82. The van der Waals surface area contributed by atoms with Gasteiger partial charge < -0.3 is 15.8 Å². The number of amides is 1. The Labute approximate surface area is 98.2 Å². The SMILES string of the molecule is CC(CC(N)=NO)N(C)C(=O)c1ccsc1. The molecule has 0 aliphatic carbocycles. The van der Waals surface area contributed by atoms with E-state index in [-0.39, 0.29) is 17.8 Å². The number of carbonyl (C=O) groups excluding carboxylic acids is 1. The number of hydrogen-bond donors (Lipinski definition) is 2. The molecular formula is C10H15N3O2S. The highest BCUT2D eigenvalue weighted by atomic mass is 32.1. The number of carbonyl (C=O) groups is 1. The Morgan fingerprint density at radius 1 is 1.75 bits per heavy atom. The van der Waals surface area contributed by atoms with Crippen molar-refractivity contribution in [1.82, 2.24) is 4.90 Å². The summed E-state index contributed by atoms with van der Waals surface area (Å²) in [7, 11) is 1.70. The second kappa shape index (κ2) is 5.50. The molecule has 0 spiro atoms. The maximum absolute atomic E-state index is 11.9. The summed E-state index contributed by atoms with van der Waals surface area (Å²) in [6.45, 7) is 1.85. The van der Waals surface area contributed by atoms with Crippen molar-refractivity contribution < 1.29 is 10.0 Å². The number of hydrogen-bond acceptors (Lipinski definition) is 4. The zero-order valence-corrected chi connectivity index (χ0v) is 10.1. The molecule has 0 aliphatic rings. The van der Waals surface area contributed by atoms with E-state index in [0.717, 1.165) is 0 Å². The summed E-state index contributed by atoms with van der Waals surface area (Å²) >= 11 is 1.48. The summed E-state index contributed by atoms with van der Waals surface area (Å²) in [5, 5.41) is 15.0. The van der Waals surface area contributed by atoms with Crippen LogP contribution < -0.4 is 5.73 Å². The molecule has 0 bridgehead atoms. The lowest BCUT2D eigenvalue weighted by molar-refractivity contribution is 0.0747. The van der Waals surface area contributed by atoms with Gasteiger partial charge in [0.15, 0.2) is 0 Å². The predicted octanol–water partition coefficient (Wildman–Crippen LogP) is 1.35. The molecule has 6 heteroatoms. The van der Waals surface area contributed by atoms with E-state index in [0.29, 0.717) is 12.0 Å². The molecule has 0 radical (unpaired) electrons. The normalized spacial score (nSPS) is 13.5. The van der Waals surface area contributed by atoms with Gasteiger partial charge in [0.25, 0.3) is 5.91 Å². The molecule has 1 unspecified atom stereocenters. The van der Waals surface area contributed by atoms with E-state index in [9.17, 15) is 4.79 Å². The first-order valence-corrected chi connectivity index (χ1v) is 5.76. The number of oxime groups is 1. The molecule has 0 aliphatic heterocycles. The predicted molar refractivity (Wildman–Crippen MR) is 63.9 cm³/mol. The maximum Gasteiger partial charge on any atom is 0.254 e. The van der Waals surface area contributed by atoms with Gasteiger partial charge in [-0.1, -0.05) is 5.16 Å². The van der Waals surface area contributed by atoms with Crippen LogP contribution in [-0.2, 0) is 0 Å². The number of nitrogens with zero attached hydrogens (tertiary/aromatic N) is 2. The standard InChI is InChI=1S/C10H15N3O2S/c1-7(5-9(11)12-15)13(2)10(14)8-3-4-16-6-8/h3-4,6-7,15H,5H2,1-2H3,(H2,11,12). The third-order valence-electron chi connectivity index (χ3n) is 2.38. The molecule has 1 aromatic heterocycles. The van der Waals surface area contributed by atoms with Crippen molar-refractivity contribution in [1.29, 1.82) is 0 Å². The molecule has 1 rings (SSSR count). The molecule has 0 saturated carbocycles. The highest BCUT2D eigenvalue weighted by Crippen LogP contribution is 2.11. The molecule has 1 amide bonds. The van der Waals surface area contributed by atoms with E-state index in [1.54, 1.807) is 23.4 Å². The monoisotopic (exact) mass is 241 g/mol. The van der Waals surface area contributed by atoms with Crippen LogP contribution in [0.3, 0.4) is 0 Å². The lowest BCUT2D eigenvalue weighted by Crippen LogP contribution is -2.37. The number of amidine groups is 1. The van der Waals surface area contributed by atoms with E-state index in [1.165, 1.54) is 11.3 Å². The van der Waals surface area contributed by atoms with E-state index in [2.05, 4.69) is 5.16 Å². The zero-order valence-electron chi connectivity index (χ0n) is 9.25. The molecule has 1 heterocycles. The van der Waals surface area contributed by atoms with Crippen molar-refractivity contribution in [2.24, 2.45) is 10.9 Å². The van der Waals surface area contributed by atoms with Crippen molar-refractivity contribution in [2.45, 2.75) is 19.4 Å². The van der Waals surface area contributed by atoms with Gasteiger partial charge in [0.05, 0.1) is 5.56 Å². The first-order chi connectivity index (χ1) is 7.56. The molecular weight excluding hydrogens is 226 g/mol. The van der Waals surface area contributed by atoms with Crippen LogP contribution in [0.15, 0.2) is 22.0 Å². The maximum atomic E-state index is 11.9. The Balaban J connectivity index is 2.64. The van der Waals surface area contributed by atoms with Crippen LogP contribution in [0.25, 0.3) is 0 Å². The molecule has 0 saturated heterocycles. The molecule has 88 valence electrons. The summed E-state index contributed by atoms with van der Waals surface area (Å²) in [5.41, 5.74) is 6.06. The first kappa shape index (κ1) is 12.5. The summed E-state index contributed by atoms with van der Waals surface area (Å²) in [5.74, 6) is 0.0666. The van der Waals surface area contributed by atoms with E-state index >= 15 is 0 Å². The van der Waals surface area contributed by atoms with E-state index in [4.69, 9.17) is 10.9 Å². The second-order valence-corrected chi connectivity index (χ2v) is 4.35. The van der Waals surface area contributed by atoms with E-state index < -0.39 is 0 Å². The van der Waals surface area contributed by atoms with Gasteiger partial charge in [-0.2, -0.15) is 11.3 Å². The summed E-state index contributed by atoms with van der Waals surface area (Å²) in [4.78, 5) is 13.5. The summed E-state index contributed by atoms with van der Waals surface area (Å²) in [6, 6.07) is 1.67. The fourth-order valence-electron chi connectivity index (χ4n) is 1.27. The van der Waals surface area contributed by atoms with Gasteiger partial charge in [0.2, 0.25) is 0 Å². The molecule has 1 aromatic rings. The van der Waals surface area contributed by atoms with Gasteiger partial charge in [0.1, 0.15) is 5.84 Å². The third kappa shape index (κ3) is 2.96. The van der Waals surface area contributed by atoms with Crippen LogP contribution in [0.2, 0.25) is 0 Å². The van der Waals surface area contributed by atoms with Gasteiger partial charge >= 0.3 is 0 Å². The summed E-state index contributed by atoms with van der Waals surface area (Å²) in [6.07, 6.45) is 0.350. The lowest BCUT2D eigenvalue weighted by Gasteiger charge is -2.24. The van der Waals surface area contributed by atoms with Crippen molar-refractivity contribution in [3.05, 3.63) is 22.4 Å². The van der Waals surface area contributed by atoms with Crippen LogP contribution in [-0.4, -0.2) is 34.9 Å². The van der Waals surface area contributed by atoms with Crippen LogP contribution in [0, 0.1) is 0 Å². The average molecular weight is 241 g/mol. The van der Waals surface area contributed by atoms with Crippen molar-refractivity contribution in [2.75, 3.05) is 7.05 Å². The summed E-state index contributed by atoms with van der Waals surface area (Å²) < 4.78 is 0.